The minimum atomic E-state index is -0.379. The molecule has 0 aliphatic rings. The van der Waals surface area contributed by atoms with Gasteiger partial charge in [-0.05, 0) is 32.9 Å². The molecule has 0 saturated carbocycles. The Morgan fingerprint density at radius 3 is 2.53 bits per heavy atom. The molecule has 0 aliphatic carbocycles. The zero-order valence-electron chi connectivity index (χ0n) is 9.79. The van der Waals surface area contributed by atoms with Crippen molar-refractivity contribution in [3.63, 3.8) is 0 Å². The molecule has 0 aliphatic heterocycles. The highest BCUT2D eigenvalue weighted by Crippen LogP contribution is 2.05. The predicted octanol–water partition coefficient (Wildman–Crippen LogP) is 0.801. The van der Waals surface area contributed by atoms with Crippen molar-refractivity contribution in [2.45, 2.75) is 26.3 Å². The first-order chi connectivity index (χ1) is 6.81. The van der Waals surface area contributed by atoms with Crippen LogP contribution in [-0.2, 0) is 7.05 Å². The van der Waals surface area contributed by atoms with E-state index in [9.17, 15) is 4.79 Å². The molecule has 1 aromatic rings. The molecule has 0 unspecified atom stereocenters. The molecule has 0 bridgehead atoms. The second kappa shape index (κ2) is 4.06. The van der Waals surface area contributed by atoms with Crippen LogP contribution in [0, 0.1) is 6.92 Å². The van der Waals surface area contributed by atoms with Gasteiger partial charge in [-0.25, -0.2) is 0 Å². The van der Waals surface area contributed by atoms with Gasteiger partial charge in [-0.3, -0.25) is 4.79 Å². The summed E-state index contributed by atoms with van der Waals surface area (Å²) in [7, 11) is 1.87. The minimum Gasteiger partial charge on any atom is -0.349 e. The van der Waals surface area contributed by atoms with Crippen LogP contribution in [0.15, 0.2) is 12.1 Å². The normalized spacial score (nSPS) is 11.5. The molecule has 1 rings (SSSR count). The summed E-state index contributed by atoms with van der Waals surface area (Å²) in [5.41, 5.74) is 7.13. The number of hydrogen-bond donors (Lipinski definition) is 2. The second-order valence-electron chi connectivity index (χ2n) is 4.59. The van der Waals surface area contributed by atoms with Crippen molar-refractivity contribution < 1.29 is 4.79 Å². The Hall–Kier alpha value is -1.29. The fraction of sp³-hybridized carbons (Fsp3) is 0.545. The van der Waals surface area contributed by atoms with E-state index in [4.69, 9.17) is 5.73 Å². The van der Waals surface area contributed by atoms with E-state index in [0.29, 0.717) is 12.2 Å². The van der Waals surface area contributed by atoms with E-state index in [-0.39, 0.29) is 11.4 Å². The van der Waals surface area contributed by atoms with E-state index in [1.165, 1.54) is 0 Å². The molecule has 15 heavy (non-hydrogen) atoms. The van der Waals surface area contributed by atoms with Crippen molar-refractivity contribution >= 4 is 5.91 Å². The highest BCUT2D eigenvalue weighted by molar-refractivity contribution is 5.92. The third-order valence-corrected chi connectivity index (χ3v) is 2.31. The van der Waals surface area contributed by atoms with Gasteiger partial charge in [0.2, 0.25) is 0 Å². The van der Waals surface area contributed by atoms with Gasteiger partial charge in [0.25, 0.3) is 5.91 Å². The summed E-state index contributed by atoms with van der Waals surface area (Å²) < 4.78 is 1.86. The zero-order valence-corrected chi connectivity index (χ0v) is 9.79. The van der Waals surface area contributed by atoms with Gasteiger partial charge >= 0.3 is 0 Å². The van der Waals surface area contributed by atoms with Crippen molar-refractivity contribution in [3.8, 4) is 0 Å². The Bertz CT molecular complexity index is 360. The highest BCUT2D eigenvalue weighted by Gasteiger charge is 2.15. The van der Waals surface area contributed by atoms with Crippen LogP contribution in [0.2, 0.25) is 0 Å². The molecule has 4 heteroatoms. The van der Waals surface area contributed by atoms with Gasteiger partial charge in [0.15, 0.2) is 0 Å². The first-order valence-corrected chi connectivity index (χ1v) is 5.01. The summed E-state index contributed by atoms with van der Waals surface area (Å²) in [4.78, 5) is 11.7. The standard InChI is InChI=1S/C11H19N3O/c1-8-5-6-9(14(8)4)10(15)13-7-11(2,3)12/h5-6H,7,12H2,1-4H3,(H,13,15). The lowest BCUT2D eigenvalue weighted by Gasteiger charge is -2.19. The molecular formula is C11H19N3O. The minimum absolute atomic E-state index is 0.0795. The van der Waals surface area contributed by atoms with Crippen LogP contribution < -0.4 is 11.1 Å². The molecule has 0 spiro atoms. The molecule has 0 saturated heterocycles. The fourth-order valence-electron chi connectivity index (χ4n) is 1.24. The number of hydrogen-bond acceptors (Lipinski definition) is 2. The van der Waals surface area contributed by atoms with Crippen LogP contribution in [0.5, 0.6) is 0 Å². The topological polar surface area (TPSA) is 60.1 Å². The Labute approximate surface area is 90.5 Å². The fourth-order valence-corrected chi connectivity index (χ4v) is 1.24. The summed E-state index contributed by atoms with van der Waals surface area (Å²) >= 11 is 0. The Morgan fingerprint density at radius 1 is 1.53 bits per heavy atom. The van der Waals surface area contributed by atoms with Gasteiger partial charge in [0, 0.05) is 24.8 Å². The largest absolute Gasteiger partial charge is 0.349 e. The number of aryl methyl sites for hydroxylation is 1. The van der Waals surface area contributed by atoms with Crippen molar-refractivity contribution in [3.05, 3.63) is 23.5 Å². The molecular weight excluding hydrogens is 190 g/mol. The number of nitrogens with one attached hydrogen (secondary N) is 1. The molecule has 1 amide bonds. The summed E-state index contributed by atoms with van der Waals surface area (Å²) in [6, 6.07) is 3.73. The summed E-state index contributed by atoms with van der Waals surface area (Å²) in [5.74, 6) is -0.0795. The van der Waals surface area contributed by atoms with E-state index >= 15 is 0 Å². The van der Waals surface area contributed by atoms with Gasteiger partial charge < -0.3 is 15.6 Å². The summed E-state index contributed by atoms with van der Waals surface area (Å²) in [6.07, 6.45) is 0. The molecule has 3 N–H and O–H groups in total. The predicted molar refractivity (Wildman–Crippen MR) is 60.7 cm³/mol. The zero-order chi connectivity index (χ0) is 11.6. The van der Waals surface area contributed by atoms with Crippen molar-refractivity contribution in [1.29, 1.82) is 0 Å². The Balaban J connectivity index is 2.66. The molecule has 84 valence electrons. The molecule has 0 aromatic carbocycles. The smallest absolute Gasteiger partial charge is 0.267 e. The number of rotatable bonds is 3. The van der Waals surface area contributed by atoms with E-state index in [0.717, 1.165) is 5.69 Å². The van der Waals surface area contributed by atoms with Crippen LogP contribution in [0.25, 0.3) is 0 Å². The molecule has 0 radical (unpaired) electrons. The quantitative estimate of drug-likeness (QED) is 0.773. The maximum Gasteiger partial charge on any atom is 0.267 e. The van der Waals surface area contributed by atoms with E-state index < -0.39 is 0 Å². The van der Waals surface area contributed by atoms with E-state index in [1.54, 1.807) is 0 Å². The maximum absolute atomic E-state index is 11.7. The maximum atomic E-state index is 11.7. The van der Waals surface area contributed by atoms with Crippen LogP contribution in [0.1, 0.15) is 30.0 Å². The number of nitrogens with zero attached hydrogens (tertiary/aromatic N) is 1. The number of amides is 1. The molecule has 1 heterocycles. The highest BCUT2D eigenvalue weighted by atomic mass is 16.1. The van der Waals surface area contributed by atoms with Crippen molar-refractivity contribution in [2.75, 3.05) is 6.54 Å². The lowest BCUT2D eigenvalue weighted by atomic mass is 10.1. The van der Waals surface area contributed by atoms with E-state index in [1.807, 2.05) is 44.5 Å². The third-order valence-electron chi connectivity index (χ3n) is 2.31. The van der Waals surface area contributed by atoms with Crippen LogP contribution in [0.4, 0.5) is 0 Å². The monoisotopic (exact) mass is 209 g/mol. The second-order valence-corrected chi connectivity index (χ2v) is 4.59. The summed E-state index contributed by atoms with van der Waals surface area (Å²) in [5, 5.41) is 2.81. The van der Waals surface area contributed by atoms with Crippen molar-refractivity contribution in [2.24, 2.45) is 12.8 Å². The lowest BCUT2D eigenvalue weighted by Crippen LogP contribution is -2.45. The molecule has 4 nitrogen and oxygen atoms in total. The average molecular weight is 209 g/mol. The SMILES string of the molecule is Cc1ccc(C(=O)NCC(C)(C)N)n1C. The summed E-state index contributed by atoms with van der Waals surface area (Å²) in [6.45, 7) is 6.19. The number of aromatic nitrogens is 1. The van der Waals surface area contributed by atoms with Crippen LogP contribution in [-0.4, -0.2) is 22.6 Å². The number of carbonyl (C=O) groups is 1. The first kappa shape index (κ1) is 11.8. The number of carbonyl (C=O) groups excluding carboxylic acids is 1. The molecule has 1 aromatic heterocycles. The van der Waals surface area contributed by atoms with Crippen LogP contribution in [0.3, 0.4) is 0 Å². The average Bonchev–Trinajstić information content (AvgIpc) is 2.43. The first-order valence-electron chi connectivity index (χ1n) is 5.01. The van der Waals surface area contributed by atoms with Crippen molar-refractivity contribution in [1.82, 2.24) is 9.88 Å². The number of nitrogens with two attached hydrogens (primary N) is 1. The van der Waals surface area contributed by atoms with Gasteiger partial charge in [-0.1, -0.05) is 0 Å². The van der Waals surface area contributed by atoms with Gasteiger partial charge in [-0.15, -0.1) is 0 Å². The molecule has 0 fully saturated rings. The Kier molecular flexibility index (Phi) is 3.19. The van der Waals surface area contributed by atoms with Gasteiger partial charge in [0.05, 0.1) is 0 Å². The Morgan fingerprint density at radius 2 is 2.13 bits per heavy atom. The van der Waals surface area contributed by atoms with Gasteiger partial charge in [0.1, 0.15) is 5.69 Å². The molecule has 0 atom stereocenters. The van der Waals surface area contributed by atoms with Gasteiger partial charge in [-0.2, -0.15) is 0 Å². The van der Waals surface area contributed by atoms with E-state index in [2.05, 4.69) is 5.32 Å². The lowest BCUT2D eigenvalue weighted by molar-refractivity contribution is 0.0937. The third kappa shape index (κ3) is 3.09. The van der Waals surface area contributed by atoms with Crippen LogP contribution >= 0.6 is 0 Å².